The maximum atomic E-state index is 10.0. The van der Waals surface area contributed by atoms with Crippen LogP contribution in [-0.2, 0) is 6.42 Å². The van der Waals surface area contributed by atoms with Gasteiger partial charge < -0.3 is 14.9 Å². The minimum absolute atomic E-state index is 0.00744. The molecule has 0 aromatic heterocycles. The summed E-state index contributed by atoms with van der Waals surface area (Å²) in [6.07, 6.45) is 6.16. The lowest BCUT2D eigenvalue weighted by molar-refractivity contribution is 0.343. The number of aliphatic hydroxyl groups excluding tert-OH is 1. The van der Waals surface area contributed by atoms with E-state index < -0.39 is 0 Å². The zero-order valence-electron chi connectivity index (χ0n) is 11.1. The normalized spacial score (nSPS) is 10.7. The first-order chi connectivity index (χ1) is 8.58. The van der Waals surface area contributed by atoms with Crippen LogP contribution in [0.25, 0.3) is 6.08 Å². The molecule has 0 atom stereocenters. The van der Waals surface area contributed by atoms with Crippen molar-refractivity contribution in [3.8, 4) is 11.5 Å². The number of hydrogen-bond acceptors (Lipinski definition) is 3. The van der Waals surface area contributed by atoms with Crippen molar-refractivity contribution >= 4 is 6.08 Å². The molecule has 2 N–H and O–H groups in total. The Morgan fingerprint density at radius 2 is 2.06 bits per heavy atom. The highest BCUT2D eigenvalue weighted by Gasteiger charge is 2.08. The summed E-state index contributed by atoms with van der Waals surface area (Å²) in [4.78, 5) is 0. The van der Waals surface area contributed by atoms with Crippen LogP contribution in [0.4, 0.5) is 0 Å². The largest absolute Gasteiger partial charge is 0.504 e. The van der Waals surface area contributed by atoms with E-state index in [1.54, 1.807) is 18.2 Å². The number of rotatable bonds is 5. The van der Waals surface area contributed by atoms with E-state index in [1.165, 1.54) is 12.7 Å². The molecule has 0 bridgehead atoms. The number of benzene rings is 1. The van der Waals surface area contributed by atoms with Crippen molar-refractivity contribution in [1.29, 1.82) is 0 Å². The number of ether oxygens (including phenoxy) is 1. The molecule has 0 saturated heterocycles. The third-order valence-electron chi connectivity index (χ3n) is 2.54. The SMILES string of the molecule is COc1cc(/C=C/CO)cc(CC=C(C)C)c1O. The number of aromatic hydroxyl groups is 1. The molecule has 0 aliphatic carbocycles. The molecule has 0 unspecified atom stereocenters. The first-order valence-corrected chi connectivity index (χ1v) is 5.89. The molecular formula is C15H20O3. The van der Waals surface area contributed by atoms with Gasteiger partial charge in [0.2, 0.25) is 0 Å². The number of aliphatic hydroxyl groups is 1. The Labute approximate surface area is 108 Å². The molecule has 0 saturated carbocycles. The molecule has 18 heavy (non-hydrogen) atoms. The van der Waals surface area contributed by atoms with Crippen LogP contribution in [0.3, 0.4) is 0 Å². The van der Waals surface area contributed by atoms with Gasteiger partial charge in [-0.05, 0) is 38.0 Å². The van der Waals surface area contributed by atoms with Gasteiger partial charge in [-0.25, -0.2) is 0 Å². The molecule has 0 fully saturated rings. The van der Waals surface area contributed by atoms with Crippen molar-refractivity contribution in [2.75, 3.05) is 13.7 Å². The van der Waals surface area contributed by atoms with Crippen LogP contribution in [-0.4, -0.2) is 23.9 Å². The summed E-state index contributed by atoms with van der Waals surface area (Å²) in [7, 11) is 1.53. The zero-order chi connectivity index (χ0) is 13.5. The first-order valence-electron chi connectivity index (χ1n) is 5.89. The summed E-state index contributed by atoms with van der Waals surface area (Å²) in [5.74, 6) is 0.628. The molecule has 1 aromatic rings. The first kappa shape index (κ1) is 14.3. The maximum absolute atomic E-state index is 10.0. The fourth-order valence-corrected chi connectivity index (χ4v) is 1.60. The van der Waals surface area contributed by atoms with Gasteiger partial charge in [-0.2, -0.15) is 0 Å². The molecule has 0 heterocycles. The summed E-state index contributed by atoms with van der Waals surface area (Å²) >= 11 is 0. The fraction of sp³-hybridized carbons (Fsp3) is 0.333. The van der Waals surface area contributed by atoms with E-state index in [4.69, 9.17) is 9.84 Å². The van der Waals surface area contributed by atoms with E-state index in [9.17, 15) is 5.11 Å². The Kier molecular flexibility index (Phi) is 5.46. The van der Waals surface area contributed by atoms with E-state index in [-0.39, 0.29) is 12.4 Å². The van der Waals surface area contributed by atoms with Crippen molar-refractivity contribution in [2.45, 2.75) is 20.3 Å². The van der Waals surface area contributed by atoms with Gasteiger partial charge in [0.05, 0.1) is 13.7 Å². The minimum Gasteiger partial charge on any atom is -0.504 e. The highest BCUT2D eigenvalue weighted by Crippen LogP contribution is 2.32. The molecular weight excluding hydrogens is 228 g/mol. The molecule has 1 rings (SSSR count). The van der Waals surface area contributed by atoms with Gasteiger partial charge in [-0.1, -0.05) is 23.8 Å². The Hall–Kier alpha value is -1.74. The average molecular weight is 248 g/mol. The second-order valence-electron chi connectivity index (χ2n) is 4.30. The van der Waals surface area contributed by atoms with E-state index in [1.807, 2.05) is 26.0 Å². The Bertz CT molecular complexity index is 455. The number of allylic oxidation sites excluding steroid dienone is 2. The number of phenols is 1. The Balaban J connectivity index is 3.14. The van der Waals surface area contributed by atoms with E-state index in [0.29, 0.717) is 12.2 Å². The summed E-state index contributed by atoms with van der Waals surface area (Å²) in [6, 6.07) is 3.64. The second-order valence-corrected chi connectivity index (χ2v) is 4.30. The molecule has 3 heteroatoms. The van der Waals surface area contributed by atoms with E-state index in [0.717, 1.165) is 11.1 Å². The smallest absolute Gasteiger partial charge is 0.161 e. The van der Waals surface area contributed by atoms with E-state index >= 15 is 0 Å². The standard InChI is InChI=1S/C15H20O3/c1-11(2)6-7-13-9-12(5-4-8-16)10-14(18-3)15(13)17/h4-6,9-10,16-17H,7-8H2,1-3H3/b5-4+. The van der Waals surface area contributed by atoms with Crippen molar-refractivity contribution < 1.29 is 14.9 Å². The van der Waals surface area contributed by atoms with Gasteiger partial charge >= 0.3 is 0 Å². The quantitative estimate of drug-likeness (QED) is 0.788. The van der Waals surface area contributed by atoms with Crippen LogP contribution < -0.4 is 4.74 Å². The number of phenolic OH excluding ortho intramolecular Hbond substituents is 1. The third-order valence-corrected chi connectivity index (χ3v) is 2.54. The summed E-state index contributed by atoms with van der Waals surface area (Å²) < 4.78 is 5.15. The number of hydrogen-bond donors (Lipinski definition) is 2. The third kappa shape index (κ3) is 3.93. The Morgan fingerprint density at radius 1 is 1.33 bits per heavy atom. The Morgan fingerprint density at radius 3 is 2.61 bits per heavy atom. The lowest BCUT2D eigenvalue weighted by atomic mass is 10.0. The zero-order valence-corrected chi connectivity index (χ0v) is 11.1. The van der Waals surface area contributed by atoms with Crippen LogP contribution >= 0.6 is 0 Å². The average Bonchev–Trinajstić information content (AvgIpc) is 2.35. The van der Waals surface area contributed by atoms with Gasteiger partial charge in [0.15, 0.2) is 11.5 Å². The van der Waals surface area contributed by atoms with Crippen LogP contribution in [0.5, 0.6) is 11.5 Å². The summed E-state index contributed by atoms with van der Waals surface area (Å²) in [6.45, 7) is 4.03. The molecule has 0 aliphatic rings. The molecule has 0 aliphatic heterocycles. The van der Waals surface area contributed by atoms with Crippen LogP contribution in [0.1, 0.15) is 25.0 Å². The number of methoxy groups -OCH3 is 1. The maximum Gasteiger partial charge on any atom is 0.161 e. The fourth-order valence-electron chi connectivity index (χ4n) is 1.60. The van der Waals surface area contributed by atoms with Gasteiger partial charge in [0, 0.05) is 5.56 Å². The molecule has 0 amide bonds. The predicted octanol–water partition coefficient (Wildman–Crippen LogP) is 2.92. The van der Waals surface area contributed by atoms with Crippen LogP contribution in [0.2, 0.25) is 0 Å². The highest BCUT2D eigenvalue weighted by atomic mass is 16.5. The van der Waals surface area contributed by atoms with Crippen LogP contribution in [0.15, 0.2) is 29.9 Å². The van der Waals surface area contributed by atoms with Crippen molar-refractivity contribution in [1.82, 2.24) is 0 Å². The molecule has 1 aromatic carbocycles. The lowest BCUT2D eigenvalue weighted by Crippen LogP contribution is -1.91. The molecule has 0 spiro atoms. The second kappa shape index (κ2) is 6.87. The van der Waals surface area contributed by atoms with E-state index in [2.05, 4.69) is 0 Å². The van der Waals surface area contributed by atoms with Crippen molar-refractivity contribution in [3.63, 3.8) is 0 Å². The van der Waals surface area contributed by atoms with Gasteiger partial charge in [-0.15, -0.1) is 0 Å². The summed E-state index contributed by atoms with van der Waals surface area (Å²) in [5, 5.41) is 18.8. The van der Waals surface area contributed by atoms with Crippen LogP contribution in [0, 0.1) is 0 Å². The minimum atomic E-state index is -0.00744. The predicted molar refractivity (Wildman–Crippen MR) is 73.9 cm³/mol. The van der Waals surface area contributed by atoms with Crippen molar-refractivity contribution in [3.05, 3.63) is 41.0 Å². The van der Waals surface area contributed by atoms with Gasteiger partial charge in [0.25, 0.3) is 0 Å². The monoisotopic (exact) mass is 248 g/mol. The van der Waals surface area contributed by atoms with Crippen molar-refractivity contribution in [2.24, 2.45) is 0 Å². The molecule has 0 radical (unpaired) electrons. The van der Waals surface area contributed by atoms with Gasteiger partial charge in [-0.3, -0.25) is 0 Å². The summed E-state index contributed by atoms with van der Waals surface area (Å²) in [5.41, 5.74) is 2.91. The lowest BCUT2D eigenvalue weighted by Gasteiger charge is -2.09. The topological polar surface area (TPSA) is 49.7 Å². The molecule has 98 valence electrons. The highest BCUT2D eigenvalue weighted by molar-refractivity contribution is 5.59. The van der Waals surface area contributed by atoms with Gasteiger partial charge in [0.1, 0.15) is 0 Å². The molecule has 3 nitrogen and oxygen atoms in total.